The Balaban J connectivity index is -0.0000000000115. The van der Waals surface area contributed by atoms with Crippen LogP contribution in [0.1, 0.15) is 29.7 Å². The van der Waals surface area contributed by atoms with Gasteiger partial charge in [-0.2, -0.15) is 0 Å². The molecule has 17 nitrogen and oxygen atoms in total. The fourth-order valence-electron chi connectivity index (χ4n) is 0. The molecule has 0 aromatic heterocycles. The first-order valence-electron chi connectivity index (χ1n) is 0.289. The molecule has 0 rings (SSSR count). The Morgan fingerprint density at radius 2 is 0.188 bits per heavy atom. The molecule has 0 aliphatic heterocycles. The monoisotopic (exact) mass is 1070 g/mol. The zero-order chi connectivity index (χ0) is 2.00. The molecule has 0 heterocycles. The van der Waals surface area contributed by atoms with Gasteiger partial charge in [-0.25, -0.2) is 0 Å². The molecule has 28 heteroatoms. The van der Waals surface area contributed by atoms with Crippen molar-refractivity contribution >= 4 is 0 Å². The average Bonchev–Trinajstić information content (AvgIpc) is 1.00. The van der Waals surface area contributed by atoms with Gasteiger partial charge in [-0.1, -0.05) is 29.7 Å². The van der Waals surface area contributed by atoms with Crippen LogP contribution in [0, 0.1) is 0 Å². The molecule has 0 aliphatic rings. The van der Waals surface area contributed by atoms with E-state index >= 15 is 0 Å². The molecule has 188 valence electrons. The SMILES string of the molecule is C.C.C.C.O.O.O.O.O.O.O.O.O.O.O.O.O.O.O.O.[O]=[Zn].[Zn].[Zn].[Zn].[Zn].[Zn].[Zn].[Zn].[Zn].[Zn].[Zn]. The van der Waals surface area contributed by atoms with Crippen molar-refractivity contribution in [2.75, 3.05) is 0 Å². The molecule has 0 aliphatic carbocycles. The van der Waals surface area contributed by atoms with Gasteiger partial charge in [-0.05, 0) is 0 Å². The zero-order valence-corrected chi connectivity index (χ0v) is 48.8. The molecule has 0 bridgehead atoms. The van der Waals surface area contributed by atoms with Crippen LogP contribution in [-0.2, 0) is 217 Å². The van der Waals surface area contributed by atoms with Gasteiger partial charge in [-0.3, -0.25) is 0 Å². The van der Waals surface area contributed by atoms with Crippen molar-refractivity contribution in [2.45, 2.75) is 29.7 Å². The van der Waals surface area contributed by atoms with Gasteiger partial charge in [0, 0.05) is 195 Å². The van der Waals surface area contributed by atoms with Crippen LogP contribution in [0.25, 0.3) is 0 Å². The van der Waals surface area contributed by atoms with E-state index in [1.54, 1.807) is 0 Å². The Hall–Kier alpha value is 6.02. The third-order valence-corrected chi connectivity index (χ3v) is 0. The molecule has 0 aromatic rings. The van der Waals surface area contributed by atoms with E-state index in [9.17, 15) is 0 Å². The summed E-state index contributed by atoms with van der Waals surface area (Å²) >= 11 is 0.125. The van der Waals surface area contributed by atoms with Crippen molar-refractivity contribution in [3.8, 4) is 0 Å². The summed E-state index contributed by atoms with van der Waals surface area (Å²) in [5.41, 5.74) is 0. The van der Waals surface area contributed by atoms with Gasteiger partial charge >= 0.3 is 21.8 Å². The van der Waals surface area contributed by atoms with Crippen LogP contribution in [0.15, 0.2) is 0 Å². The molecule has 0 radical (unpaired) electrons. The predicted molar refractivity (Wildman–Crippen MR) is 85.4 cm³/mol. The zero-order valence-electron chi connectivity index (χ0n) is 16.2. The Bertz CT molecular complexity index is 44.5. The van der Waals surface area contributed by atoms with Gasteiger partial charge in [0.25, 0.3) is 0 Å². The first-order chi connectivity index (χ1) is 1.00. The van der Waals surface area contributed by atoms with E-state index in [2.05, 4.69) is 0 Å². The average molecular weight is 1090 g/mol. The van der Waals surface area contributed by atoms with Gasteiger partial charge in [0.1, 0.15) is 0 Å². The van der Waals surface area contributed by atoms with Crippen LogP contribution in [0.4, 0.5) is 0 Å². The Morgan fingerprint density at radius 3 is 0.188 bits per heavy atom. The van der Waals surface area contributed by atoms with Crippen molar-refractivity contribution in [1.82, 2.24) is 0 Å². The van der Waals surface area contributed by atoms with Gasteiger partial charge in [0.2, 0.25) is 0 Å². The second-order valence-corrected chi connectivity index (χ2v) is 0. The number of rotatable bonds is 0. The smallest absolute Gasteiger partial charge is 0 e. The Morgan fingerprint density at radius 1 is 0.188 bits per heavy atom. The van der Waals surface area contributed by atoms with Crippen LogP contribution in [0.5, 0.6) is 0 Å². The van der Waals surface area contributed by atoms with E-state index in [4.69, 9.17) is 3.57 Å². The molecule has 32 N–H and O–H groups in total. The van der Waals surface area contributed by atoms with E-state index in [-0.39, 0.29) is 330 Å². The van der Waals surface area contributed by atoms with Crippen molar-refractivity contribution in [3.63, 3.8) is 0 Å². The minimum atomic E-state index is 0. The van der Waals surface area contributed by atoms with Gasteiger partial charge in [0.15, 0.2) is 0 Å². The van der Waals surface area contributed by atoms with Crippen LogP contribution < -0.4 is 0 Å². The summed E-state index contributed by atoms with van der Waals surface area (Å²) in [6, 6.07) is 0. The standard InChI is InChI=1S/4CH4.16H2O.O.11Zn/h4*1H4;16*1H2;;;;;;;;;;;;. The normalized spacial score (nSPS) is 0.188. The van der Waals surface area contributed by atoms with Crippen LogP contribution in [0.2, 0.25) is 0 Å². The largest absolute Gasteiger partial charge is 0 e. The molecule has 0 spiro atoms. The van der Waals surface area contributed by atoms with E-state index in [0.717, 1.165) is 0 Å². The summed E-state index contributed by atoms with van der Waals surface area (Å²) in [5.74, 6) is 0. The minimum absolute atomic E-state index is 0. The van der Waals surface area contributed by atoms with E-state index < -0.39 is 0 Å². The molecule has 0 aromatic carbocycles. The molecular weight excluding hydrogens is 1040 g/mol. The fourth-order valence-corrected chi connectivity index (χ4v) is 0. The maximum absolute atomic E-state index is 8.38. The first kappa shape index (κ1) is 1060. The molecule has 0 fully saturated rings. The fraction of sp³-hybridized carbons (Fsp3) is 1.00. The maximum Gasteiger partial charge on any atom is 0 e. The van der Waals surface area contributed by atoms with Crippen LogP contribution in [0.3, 0.4) is 0 Å². The van der Waals surface area contributed by atoms with Crippen LogP contribution in [-0.4, -0.2) is 87.6 Å². The van der Waals surface area contributed by atoms with Gasteiger partial charge < -0.3 is 87.6 Å². The van der Waals surface area contributed by atoms with Crippen LogP contribution >= 0.6 is 0 Å². The summed E-state index contributed by atoms with van der Waals surface area (Å²) in [4.78, 5) is 0. The van der Waals surface area contributed by atoms with Crippen molar-refractivity contribution in [1.29, 1.82) is 0 Å². The number of hydrogen-bond donors (Lipinski definition) is 0. The summed E-state index contributed by atoms with van der Waals surface area (Å²) < 4.78 is 8.38. The Kier molecular flexibility index (Phi) is 43800. The molecule has 0 unspecified atom stereocenters. The molecule has 0 saturated carbocycles. The van der Waals surface area contributed by atoms with Crippen molar-refractivity contribution in [3.05, 3.63) is 0 Å². The third kappa shape index (κ3) is 1220. The minimum Gasteiger partial charge on any atom is 0 e. The van der Waals surface area contributed by atoms with Gasteiger partial charge in [-0.15, -0.1) is 0 Å². The Labute approximate surface area is 329 Å². The second-order valence-electron chi connectivity index (χ2n) is 0. The van der Waals surface area contributed by atoms with E-state index in [1.165, 1.54) is 0 Å². The summed E-state index contributed by atoms with van der Waals surface area (Å²) in [5, 5.41) is 0. The van der Waals surface area contributed by atoms with Gasteiger partial charge in [0.05, 0.1) is 0 Å². The molecular formula is C4H48O17Zn11. The predicted octanol–water partition coefficient (Wildman–Crippen LogP) is -10.8. The van der Waals surface area contributed by atoms with E-state index in [1.807, 2.05) is 0 Å². The molecule has 32 heavy (non-hydrogen) atoms. The summed E-state index contributed by atoms with van der Waals surface area (Å²) in [6.07, 6.45) is 0. The molecule has 0 atom stereocenters. The first-order valence-corrected chi connectivity index (χ1v) is 1.50. The summed E-state index contributed by atoms with van der Waals surface area (Å²) in [7, 11) is 0. The topological polar surface area (TPSA) is 521 Å². The maximum atomic E-state index is 8.38. The summed E-state index contributed by atoms with van der Waals surface area (Å²) in [6.45, 7) is 0. The molecule has 0 saturated heterocycles. The molecule has 0 amide bonds. The van der Waals surface area contributed by atoms with Crippen molar-refractivity contribution < 1.29 is 304 Å². The number of hydrogen-bond acceptors (Lipinski definition) is 1. The quantitative estimate of drug-likeness (QED) is 0.210. The van der Waals surface area contributed by atoms with E-state index in [0.29, 0.717) is 0 Å². The third-order valence-electron chi connectivity index (χ3n) is 0. The van der Waals surface area contributed by atoms with Crippen molar-refractivity contribution in [2.24, 2.45) is 0 Å². The second kappa shape index (κ2) is 1330.